The number of Topliss-reactive ketones (excluding diaryl/α,β-unsaturated/α-hetero) is 1. The molecule has 8 nitrogen and oxygen atoms in total. The van der Waals surface area contributed by atoms with Gasteiger partial charge >= 0.3 is 0 Å². The molecule has 0 spiro atoms. The van der Waals surface area contributed by atoms with Crippen LogP contribution in [-0.2, 0) is 19.0 Å². The van der Waals surface area contributed by atoms with E-state index in [9.17, 15) is 4.79 Å². The third kappa shape index (κ3) is 5.69. The van der Waals surface area contributed by atoms with E-state index in [1.807, 2.05) is 7.11 Å². The molecule has 0 amide bonds. The molecule has 0 bridgehead atoms. The van der Waals surface area contributed by atoms with Crippen molar-refractivity contribution in [2.75, 3.05) is 61.2 Å². The van der Waals surface area contributed by atoms with Gasteiger partial charge in [0, 0.05) is 60.1 Å². The van der Waals surface area contributed by atoms with E-state index in [-0.39, 0.29) is 24.4 Å². The summed E-state index contributed by atoms with van der Waals surface area (Å²) in [5, 5.41) is 10.6. The van der Waals surface area contributed by atoms with Crippen LogP contribution in [0.2, 0.25) is 0 Å². The Hall–Kier alpha value is -0.610. The van der Waals surface area contributed by atoms with Crippen LogP contribution >= 0.6 is 0 Å². The number of ketones is 1. The number of carbonyl (C=O) groups excluding carboxylic acids is 1. The molecule has 4 rings (SSSR count). The summed E-state index contributed by atoms with van der Waals surface area (Å²) in [5.74, 6) is 2.15. The fraction of sp³-hybridized carbons (Fsp3) is 0.962. The van der Waals surface area contributed by atoms with Crippen LogP contribution in [0.25, 0.3) is 0 Å². The lowest BCUT2D eigenvalue weighted by Gasteiger charge is -2.48. The molecule has 1 heterocycles. The lowest BCUT2D eigenvalue weighted by atomic mass is 9.64. The first-order valence-corrected chi connectivity index (χ1v) is 13.6. The van der Waals surface area contributed by atoms with Crippen molar-refractivity contribution >= 4 is 5.78 Å². The largest absolute Gasteiger partial charge is 0.379 e. The van der Waals surface area contributed by atoms with Crippen LogP contribution in [0.3, 0.4) is 0 Å². The first kappa shape index (κ1) is 26.5. The molecule has 0 aromatic heterocycles. The van der Waals surface area contributed by atoms with Gasteiger partial charge in [-0.05, 0) is 75.8 Å². The first-order chi connectivity index (χ1) is 16.6. The molecular formula is C26H48N4O4. The molecule has 4 aliphatic rings. The topological polar surface area (TPSA) is 84.1 Å². The Morgan fingerprint density at radius 1 is 1.03 bits per heavy atom. The molecule has 0 radical (unpaired) electrons. The van der Waals surface area contributed by atoms with Gasteiger partial charge in [0.25, 0.3) is 0 Å². The van der Waals surface area contributed by atoms with Gasteiger partial charge in [-0.3, -0.25) is 9.69 Å². The van der Waals surface area contributed by atoms with E-state index >= 15 is 0 Å². The van der Waals surface area contributed by atoms with Crippen LogP contribution in [0.15, 0.2) is 0 Å². The van der Waals surface area contributed by atoms with Crippen molar-refractivity contribution in [3.05, 3.63) is 0 Å². The molecule has 3 aliphatic carbocycles. The zero-order valence-electron chi connectivity index (χ0n) is 21.8. The van der Waals surface area contributed by atoms with Crippen LogP contribution in [0.5, 0.6) is 0 Å². The van der Waals surface area contributed by atoms with E-state index in [0.717, 1.165) is 71.4 Å². The summed E-state index contributed by atoms with van der Waals surface area (Å²) in [5.41, 5.74) is 0. The maximum atomic E-state index is 13.4. The maximum absolute atomic E-state index is 13.4. The SMILES string of the molecule is CN[C@H]1CCC2CC(OC)C(OC)C(OC)C2C2CCC(NCCCN3CCNC3)C(=O)CC21. The normalized spacial score (nSPS) is 41.5. The van der Waals surface area contributed by atoms with Gasteiger partial charge in [0.15, 0.2) is 0 Å². The number of methoxy groups -OCH3 is 3. The van der Waals surface area contributed by atoms with Crippen molar-refractivity contribution in [1.82, 2.24) is 20.9 Å². The van der Waals surface area contributed by atoms with Crippen LogP contribution < -0.4 is 16.0 Å². The molecule has 1 saturated heterocycles. The standard InChI is InChI=1S/C26H48N4O4/c1-27-20-8-6-17-14-23(32-2)25(33-3)26(34-4)24(17)18-7-9-21(22(31)15-19(18)20)29-10-5-12-30-13-11-28-16-30/h17-21,23-29H,5-16H2,1-4H3/t17?,18?,19?,20-,21?,23?,24?,25?,26?/m0/s1. The zero-order chi connectivity index (χ0) is 24.1. The summed E-state index contributed by atoms with van der Waals surface area (Å²) < 4.78 is 18.0. The second kappa shape index (κ2) is 12.6. The summed E-state index contributed by atoms with van der Waals surface area (Å²) in [4.78, 5) is 15.9. The summed E-state index contributed by atoms with van der Waals surface area (Å²) in [6.07, 6.45) is 7.02. The molecule has 0 aromatic carbocycles. The fourth-order valence-corrected chi connectivity index (χ4v) is 7.68. The number of nitrogens with zero attached hydrogens (tertiary/aromatic N) is 1. The van der Waals surface area contributed by atoms with Crippen molar-refractivity contribution < 1.29 is 19.0 Å². The van der Waals surface area contributed by atoms with Crippen LogP contribution in [0.1, 0.15) is 44.9 Å². The average molecular weight is 481 g/mol. The Bertz CT molecular complexity index is 646. The van der Waals surface area contributed by atoms with E-state index < -0.39 is 0 Å². The van der Waals surface area contributed by atoms with E-state index in [1.165, 1.54) is 0 Å². The highest BCUT2D eigenvalue weighted by molar-refractivity contribution is 5.84. The highest BCUT2D eigenvalue weighted by atomic mass is 16.6. The fourth-order valence-electron chi connectivity index (χ4n) is 7.68. The van der Waals surface area contributed by atoms with Crippen molar-refractivity contribution in [3.8, 4) is 0 Å². The minimum absolute atomic E-state index is 0.00508. The second-order valence-corrected chi connectivity index (χ2v) is 10.9. The third-order valence-corrected chi connectivity index (χ3v) is 9.37. The predicted octanol–water partition coefficient (Wildman–Crippen LogP) is 1.25. The zero-order valence-corrected chi connectivity index (χ0v) is 21.8. The van der Waals surface area contributed by atoms with Gasteiger partial charge in [0.05, 0.1) is 18.2 Å². The van der Waals surface area contributed by atoms with Gasteiger partial charge in [-0.25, -0.2) is 0 Å². The Kier molecular flexibility index (Phi) is 9.78. The van der Waals surface area contributed by atoms with Gasteiger partial charge in [-0.2, -0.15) is 0 Å². The molecule has 0 aromatic rings. The molecule has 34 heavy (non-hydrogen) atoms. The quantitative estimate of drug-likeness (QED) is 0.425. The van der Waals surface area contributed by atoms with Crippen LogP contribution in [0.4, 0.5) is 0 Å². The average Bonchev–Trinajstić information content (AvgIpc) is 3.26. The molecule has 8 unspecified atom stereocenters. The molecule has 8 heteroatoms. The van der Waals surface area contributed by atoms with Crippen LogP contribution in [0, 0.1) is 23.7 Å². The Morgan fingerprint density at radius 2 is 1.85 bits per heavy atom. The van der Waals surface area contributed by atoms with Gasteiger partial charge in [-0.1, -0.05) is 0 Å². The van der Waals surface area contributed by atoms with Gasteiger partial charge in [0.2, 0.25) is 0 Å². The summed E-state index contributed by atoms with van der Waals surface area (Å²) in [7, 11) is 7.46. The van der Waals surface area contributed by atoms with Crippen LogP contribution in [-0.4, -0.2) is 102 Å². The van der Waals surface area contributed by atoms with E-state index in [1.54, 1.807) is 14.2 Å². The molecular weight excluding hydrogens is 432 g/mol. The van der Waals surface area contributed by atoms with Crippen molar-refractivity contribution in [3.63, 3.8) is 0 Å². The first-order valence-electron chi connectivity index (χ1n) is 13.6. The number of ether oxygens (including phenoxy) is 3. The minimum Gasteiger partial charge on any atom is -0.379 e. The Morgan fingerprint density at radius 3 is 2.53 bits per heavy atom. The lowest BCUT2D eigenvalue weighted by Crippen LogP contribution is -2.55. The molecule has 9 atom stereocenters. The maximum Gasteiger partial charge on any atom is 0.150 e. The van der Waals surface area contributed by atoms with Gasteiger partial charge < -0.3 is 30.2 Å². The van der Waals surface area contributed by atoms with Gasteiger partial charge in [-0.15, -0.1) is 0 Å². The van der Waals surface area contributed by atoms with Crippen molar-refractivity contribution in [2.24, 2.45) is 23.7 Å². The van der Waals surface area contributed by atoms with E-state index in [2.05, 4.69) is 27.9 Å². The van der Waals surface area contributed by atoms with E-state index in [0.29, 0.717) is 41.9 Å². The Labute approximate surface area is 206 Å². The lowest BCUT2D eigenvalue weighted by molar-refractivity contribution is -0.178. The highest BCUT2D eigenvalue weighted by Gasteiger charge is 2.53. The van der Waals surface area contributed by atoms with Crippen molar-refractivity contribution in [2.45, 2.75) is 75.3 Å². The molecule has 196 valence electrons. The number of hydrogen-bond donors (Lipinski definition) is 3. The van der Waals surface area contributed by atoms with Crippen molar-refractivity contribution in [1.29, 1.82) is 0 Å². The monoisotopic (exact) mass is 480 g/mol. The second-order valence-electron chi connectivity index (χ2n) is 10.9. The molecule has 3 saturated carbocycles. The smallest absolute Gasteiger partial charge is 0.150 e. The van der Waals surface area contributed by atoms with Gasteiger partial charge in [0.1, 0.15) is 11.9 Å². The number of rotatable bonds is 9. The summed E-state index contributed by atoms with van der Waals surface area (Å²) in [6.45, 7) is 5.21. The Balaban J connectivity index is 1.46. The number of hydrogen-bond acceptors (Lipinski definition) is 8. The predicted molar refractivity (Wildman–Crippen MR) is 133 cm³/mol. The number of carbonyl (C=O) groups is 1. The molecule has 3 N–H and O–H groups in total. The highest BCUT2D eigenvalue weighted by Crippen LogP contribution is 2.50. The number of fused-ring (bicyclic) bond motifs is 3. The summed E-state index contributed by atoms with van der Waals surface area (Å²) >= 11 is 0. The minimum atomic E-state index is -0.0593. The summed E-state index contributed by atoms with van der Waals surface area (Å²) in [6, 6.07) is 0.356. The molecule has 1 aliphatic heterocycles. The third-order valence-electron chi connectivity index (χ3n) is 9.37. The van der Waals surface area contributed by atoms with E-state index in [4.69, 9.17) is 14.2 Å². The molecule has 4 fully saturated rings. The number of nitrogens with one attached hydrogen (secondary N) is 3.